The normalized spacial score (nSPS) is 12.1. The summed E-state index contributed by atoms with van der Waals surface area (Å²) in [4.78, 5) is 15.0. The van der Waals surface area contributed by atoms with Crippen LogP contribution in [0.15, 0.2) is 72.9 Å². The van der Waals surface area contributed by atoms with Gasteiger partial charge in [-0.3, -0.25) is 4.79 Å². The van der Waals surface area contributed by atoms with E-state index in [0.717, 1.165) is 22.0 Å². The molecule has 4 aromatic rings. The summed E-state index contributed by atoms with van der Waals surface area (Å²) in [6, 6.07) is 18.8. The van der Waals surface area contributed by atoms with Crippen molar-refractivity contribution in [1.29, 1.82) is 0 Å². The van der Waals surface area contributed by atoms with Crippen LogP contribution in [-0.2, 0) is 24.4 Å². The van der Waals surface area contributed by atoms with Crippen molar-refractivity contribution in [2.75, 3.05) is 0 Å². The average Bonchev–Trinajstić information content (AvgIpc) is 3.20. The third-order valence-corrected chi connectivity index (χ3v) is 5.67. The van der Waals surface area contributed by atoms with E-state index in [1.807, 2.05) is 42.6 Å². The van der Waals surface area contributed by atoms with Gasteiger partial charge in [-0.25, -0.2) is 4.39 Å². The Morgan fingerprint density at radius 1 is 1.09 bits per heavy atom. The van der Waals surface area contributed by atoms with Crippen molar-refractivity contribution in [2.24, 2.45) is 0 Å². The molecule has 1 atom stereocenters. The summed E-state index contributed by atoms with van der Waals surface area (Å²) in [5, 5.41) is 14.1. The van der Waals surface area contributed by atoms with Crippen molar-refractivity contribution in [3.05, 3.63) is 100 Å². The van der Waals surface area contributed by atoms with Gasteiger partial charge in [-0.05, 0) is 41.5 Å². The molecule has 0 saturated heterocycles. The molecule has 3 N–H and O–H groups in total. The lowest BCUT2D eigenvalue weighted by atomic mass is 10.0. The number of aromatic amines is 1. The first-order valence-electron chi connectivity index (χ1n) is 10.2. The van der Waals surface area contributed by atoms with Crippen molar-refractivity contribution in [1.82, 2.24) is 10.3 Å². The molecular formula is C25H22ClFN2O3. The number of carbonyl (C=O) groups is 1. The number of rotatable bonds is 9. The van der Waals surface area contributed by atoms with Gasteiger partial charge in [-0.1, -0.05) is 48.0 Å². The van der Waals surface area contributed by atoms with Gasteiger partial charge in [0.1, 0.15) is 24.2 Å². The molecule has 0 amide bonds. The average molecular weight is 453 g/mol. The number of carboxylic acid groups (broad SMARTS) is 1. The zero-order chi connectivity index (χ0) is 22.5. The molecule has 1 heterocycles. The number of aromatic nitrogens is 1. The number of para-hydroxylation sites is 1. The number of H-pyrrole nitrogens is 1. The molecule has 0 spiro atoms. The van der Waals surface area contributed by atoms with Crippen LogP contribution in [0.4, 0.5) is 4.39 Å². The van der Waals surface area contributed by atoms with Crippen molar-refractivity contribution in [2.45, 2.75) is 25.6 Å². The van der Waals surface area contributed by atoms with Gasteiger partial charge >= 0.3 is 5.97 Å². The van der Waals surface area contributed by atoms with E-state index >= 15 is 0 Å². The summed E-state index contributed by atoms with van der Waals surface area (Å²) in [5.41, 5.74) is 3.16. The van der Waals surface area contributed by atoms with Crippen LogP contribution >= 0.6 is 11.6 Å². The highest BCUT2D eigenvalue weighted by Gasteiger charge is 2.19. The number of carboxylic acids is 1. The fourth-order valence-electron chi connectivity index (χ4n) is 3.54. The van der Waals surface area contributed by atoms with Crippen LogP contribution in [0, 0.1) is 5.82 Å². The predicted octanol–water partition coefficient (Wildman–Crippen LogP) is 5.32. The molecule has 0 saturated carbocycles. The zero-order valence-electron chi connectivity index (χ0n) is 17.1. The maximum atomic E-state index is 13.9. The van der Waals surface area contributed by atoms with Crippen molar-refractivity contribution < 1.29 is 19.0 Å². The topological polar surface area (TPSA) is 74.3 Å². The van der Waals surface area contributed by atoms with E-state index in [4.69, 9.17) is 16.3 Å². The predicted molar refractivity (Wildman–Crippen MR) is 122 cm³/mol. The number of hydrogen-bond donors (Lipinski definition) is 3. The van der Waals surface area contributed by atoms with Crippen LogP contribution in [0.25, 0.3) is 10.9 Å². The molecule has 4 rings (SSSR count). The highest BCUT2D eigenvalue weighted by Crippen LogP contribution is 2.22. The number of halogens is 2. The van der Waals surface area contributed by atoms with Crippen molar-refractivity contribution in [3.63, 3.8) is 0 Å². The molecule has 0 unspecified atom stereocenters. The fourth-order valence-corrected chi connectivity index (χ4v) is 3.76. The van der Waals surface area contributed by atoms with Gasteiger partial charge in [-0.2, -0.15) is 0 Å². The van der Waals surface area contributed by atoms with E-state index in [0.29, 0.717) is 29.3 Å². The molecule has 0 aliphatic rings. The highest BCUT2D eigenvalue weighted by molar-refractivity contribution is 6.31. The van der Waals surface area contributed by atoms with E-state index < -0.39 is 17.8 Å². The quantitative estimate of drug-likeness (QED) is 0.321. The van der Waals surface area contributed by atoms with Crippen LogP contribution in [0.3, 0.4) is 0 Å². The molecule has 164 valence electrons. The largest absolute Gasteiger partial charge is 0.489 e. The highest BCUT2D eigenvalue weighted by atomic mass is 35.5. The molecule has 7 heteroatoms. The molecule has 32 heavy (non-hydrogen) atoms. The monoisotopic (exact) mass is 452 g/mol. The maximum Gasteiger partial charge on any atom is 0.321 e. The number of aliphatic carboxylic acids is 1. The van der Waals surface area contributed by atoms with Crippen LogP contribution in [-0.4, -0.2) is 22.1 Å². The van der Waals surface area contributed by atoms with Gasteiger partial charge in [-0.15, -0.1) is 0 Å². The van der Waals surface area contributed by atoms with Crippen LogP contribution < -0.4 is 10.1 Å². The second-order valence-electron chi connectivity index (χ2n) is 7.47. The summed E-state index contributed by atoms with van der Waals surface area (Å²) < 4.78 is 19.5. The third-order valence-electron chi connectivity index (χ3n) is 5.32. The lowest BCUT2D eigenvalue weighted by Crippen LogP contribution is -2.38. The minimum absolute atomic E-state index is 0.0226. The van der Waals surface area contributed by atoms with E-state index in [1.54, 1.807) is 24.3 Å². The minimum Gasteiger partial charge on any atom is -0.489 e. The Morgan fingerprint density at radius 3 is 2.62 bits per heavy atom. The van der Waals surface area contributed by atoms with Gasteiger partial charge in [0.2, 0.25) is 0 Å². The van der Waals surface area contributed by atoms with E-state index in [2.05, 4.69) is 10.3 Å². The van der Waals surface area contributed by atoms with Gasteiger partial charge in [0, 0.05) is 35.6 Å². The van der Waals surface area contributed by atoms with Gasteiger partial charge < -0.3 is 20.1 Å². The first kappa shape index (κ1) is 21.9. The standard InChI is InChI=1S/C25H22ClFN2O3/c26-21-5-3-6-22(27)20(21)15-32-18-10-8-16(9-11-18)13-28-24(25(30)31)12-17-14-29-23-7-2-1-4-19(17)23/h1-11,14,24,28-29H,12-13,15H2,(H,30,31)/t24-/m1/s1. The summed E-state index contributed by atoms with van der Waals surface area (Å²) >= 11 is 6.02. The number of ether oxygens (including phenoxy) is 1. The Hall–Kier alpha value is -3.35. The first-order chi connectivity index (χ1) is 15.5. The molecule has 0 fully saturated rings. The molecular weight excluding hydrogens is 431 g/mol. The maximum absolute atomic E-state index is 13.9. The van der Waals surface area contributed by atoms with Crippen LogP contribution in [0.2, 0.25) is 5.02 Å². The van der Waals surface area contributed by atoms with Crippen molar-refractivity contribution >= 4 is 28.5 Å². The Balaban J connectivity index is 1.35. The van der Waals surface area contributed by atoms with E-state index in [1.165, 1.54) is 6.07 Å². The van der Waals surface area contributed by atoms with Crippen LogP contribution in [0.5, 0.6) is 5.75 Å². The van der Waals surface area contributed by atoms with Gasteiger partial charge in [0.25, 0.3) is 0 Å². The summed E-state index contributed by atoms with van der Waals surface area (Å²) in [5.74, 6) is -0.744. The lowest BCUT2D eigenvalue weighted by Gasteiger charge is -2.15. The Bertz CT molecular complexity index is 1200. The number of nitrogens with one attached hydrogen (secondary N) is 2. The second-order valence-corrected chi connectivity index (χ2v) is 7.88. The number of hydrogen-bond acceptors (Lipinski definition) is 3. The Morgan fingerprint density at radius 2 is 1.88 bits per heavy atom. The molecule has 0 aliphatic heterocycles. The SMILES string of the molecule is O=C(O)[C@@H](Cc1c[nH]c2ccccc12)NCc1ccc(OCc2c(F)cccc2Cl)cc1. The first-order valence-corrected chi connectivity index (χ1v) is 10.5. The lowest BCUT2D eigenvalue weighted by molar-refractivity contribution is -0.139. The van der Waals surface area contributed by atoms with Gasteiger partial charge in [0.05, 0.1) is 5.02 Å². The molecule has 5 nitrogen and oxygen atoms in total. The summed E-state index contributed by atoms with van der Waals surface area (Å²) in [6.45, 7) is 0.410. The van der Waals surface area contributed by atoms with E-state index in [-0.39, 0.29) is 6.61 Å². The smallest absolute Gasteiger partial charge is 0.321 e. The molecule has 1 aromatic heterocycles. The third kappa shape index (κ3) is 5.10. The minimum atomic E-state index is -0.906. The molecule has 0 bridgehead atoms. The molecule has 0 radical (unpaired) electrons. The summed E-state index contributed by atoms with van der Waals surface area (Å²) in [7, 11) is 0. The Kier molecular flexibility index (Phi) is 6.73. The molecule has 3 aromatic carbocycles. The fraction of sp³-hybridized carbons (Fsp3) is 0.160. The number of benzene rings is 3. The summed E-state index contributed by atoms with van der Waals surface area (Å²) in [6.07, 6.45) is 2.22. The molecule has 0 aliphatic carbocycles. The van der Waals surface area contributed by atoms with E-state index in [9.17, 15) is 14.3 Å². The second kappa shape index (κ2) is 9.85. The number of fused-ring (bicyclic) bond motifs is 1. The Labute approximate surface area is 189 Å². The zero-order valence-corrected chi connectivity index (χ0v) is 17.9. The van der Waals surface area contributed by atoms with Gasteiger partial charge in [0.15, 0.2) is 0 Å². The van der Waals surface area contributed by atoms with Crippen LogP contribution in [0.1, 0.15) is 16.7 Å². The van der Waals surface area contributed by atoms with Crippen molar-refractivity contribution in [3.8, 4) is 5.75 Å².